The van der Waals surface area contributed by atoms with E-state index in [4.69, 9.17) is 0 Å². The SMILES string of the molecule is CCCCC/C=C/C/C=C/CCCCCC([N+](=O)[O-])C(C=O)([N+](=O)[O-])[N+](=O)[O-]. The van der Waals surface area contributed by atoms with Crippen molar-refractivity contribution in [3.8, 4) is 0 Å². The first-order chi connectivity index (χ1) is 13.3. The Hall–Kier alpha value is -2.65. The van der Waals surface area contributed by atoms with Gasteiger partial charge < -0.3 is 0 Å². The standard InChI is InChI=1S/C18H29N3O7/c1-2-3-4-5-6-7-8-9-10-11-12-13-14-15-17(19(23)24)18(16-22,20(25)26)21(27)28/h6-7,9-10,16-17H,2-5,8,11-15H2,1H3/b7-6+,10-9+. The average molecular weight is 399 g/mol. The number of allylic oxidation sites excluding steroid dienone is 4. The molecule has 0 rings (SSSR count). The van der Waals surface area contributed by atoms with Crippen LogP contribution in [0.4, 0.5) is 0 Å². The second-order valence-corrected chi connectivity index (χ2v) is 6.53. The van der Waals surface area contributed by atoms with Crippen LogP contribution in [-0.4, -0.2) is 32.8 Å². The van der Waals surface area contributed by atoms with Gasteiger partial charge in [-0.2, -0.15) is 0 Å². The second kappa shape index (κ2) is 14.4. The van der Waals surface area contributed by atoms with Gasteiger partial charge in [-0.25, -0.2) is 0 Å². The average Bonchev–Trinajstić information content (AvgIpc) is 2.63. The zero-order valence-corrected chi connectivity index (χ0v) is 16.2. The highest BCUT2D eigenvalue weighted by molar-refractivity contribution is 5.60. The Balaban J connectivity index is 4.30. The molecule has 0 aromatic rings. The van der Waals surface area contributed by atoms with Crippen LogP contribution in [0.1, 0.15) is 71.1 Å². The monoisotopic (exact) mass is 399 g/mol. The Morgan fingerprint density at radius 1 is 0.821 bits per heavy atom. The molecule has 0 aliphatic heterocycles. The second-order valence-electron chi connectivity index (χ2n) is 6.53. The number of nitro groups is 3. The van der Waals surface area contributed by atoms with Gasteiger partial charge in [0.2, 0.25) is 0 Å². The lowest BCUT2D eigenvalue weighted by atomic mass is 9.97. The van der Waals surface area contributed by atoms with Gasteiger partial charge in [-0.05, 0) is 38.5 Å². The first kappa shape index (κ1) is 25.4. The van der Waals surface area contributed by atoms with Gasteiger partial charge in [0.25, 0.3) is 6.29 Å². The summed E-state index contributed by atoms with van der Waals surface area (Å²) in [5, 5.41) is 33.1. The van der Waals surface area contributed by atoms with Crippen LogP contribution in [-0.2, 0) is 4.79 Å². The van der Waals surface area contributed by atoms with E-state index in [0.717, 1.165) is 19.3 Å². The molecule has 10 heteroatoms. The molecule has 0 heterocycles. The lowest BCUT2D eigenvalue weighted by Gasteiger charge is -2.15. The van der Waals surface area contributed by atoms with Crippen molar-refractivity contribution in [2.24, 2.45) is 0 Å². The van der Waals surface area contributed by atoms with Crippen molar-refractivity contribution < 1.29 is 19.6 Å². The van der Waals surface area contributed by atoms with E-state index in [1.165, 1.54) is 19.3 Å². The number of rotatable bonds is 17. The molecule has 0 saturated heterocycles. The summed E-state index contributed by atoms with van der Waals surface area (Å²) in [6, 6.07) is -2.19. The number of unbranched alkanes of at least 4 members (excludes halogenated alkanes) is 6. The topological polar surface area (TPSA) is 146 Å². The van der Waals surface area contributed by atoms with E-state index < -0.39 is 39.2 Å². The summed E-state index contributed by atoms with van der Waals surface area (Å²) in [6.45, 7) is 2.16. The van der Waals surface area contributed by atoms with Gasteiger partial charge in [0, 0.05) is 11.3 Å². The van der Waals surface area contributed by atoms with Crippen molar-refractivity contribution in [1.82, 2.24) is 0 Å². The number of carbonyl (C=O) groups excluding carboxylic acids is 1. The first-order valence-electron chi connectivity index (χ1n) is 9.53. The van der Waals surface area contributed by atoms with Crippen LogP contribution in [0.15, 0.2) is 24.3 Å². The van der Waals surface area contributed by atoms with Crippen molar-refractivity contribution >= 4 is 6.29 Å². The number of carbonyl (C=O) groups is 1. The fourth-order valence-corrected chi connectivity index (χ4v) is 2.74. The predicted molar refractivity (Wildman–Crippen MR) is 104 cm³/mol. The molecule has 0 fully saturated rings. The van der Waals surface area contributed by atoms with E-state index in [-0.39, 0.29) is 6.42 Å². The van der Waals surface area contributed by atoms with E-state index in [9.17, 15) is 35.1 Å². The molecule has 1 atom stereocenters. The van der Waals surface area contributed by atoms with Crippen molar-refractivity contribution in [3.05, 3.63) is 54.6 Å². The van der Waals surface area contributed by atoms with E-state index in [1.54, 1.807) is 0 Å². The lowest BCUT2D eigenvalue weighted by molar-refractivity contribution is -0.812. The molecule has 0 amide bonds. The smallest absolute Gasteiger partial charge is 0.287 e. The van der Waals surface area contributed by atoms with E-state index in [2.05, 4.69) is 19.1 Å². The lowest BCUT2D eigenvalue weighted by Crippen LogP contribution is -2.60. The minimum Gasteiger partial charge on any atom is -0.287 e. The maximum atomic E-state index is 11.1. The van der Waals surface area contributed by atoms with Gasteiger partial charge in [0.05, 0.1) is 0 Å². The van der Waals surface area contributed by atoms with Gasteiger partial charge >= 0.3 is 11.7 Å². The van der Waals surface area contributed by atoms with Crippen LogP contribution in [0.25, 0.3) is 0 Å². The van der Waals surface area contributed by atoms with Crippen molar-refractivity contribution in [2.75, 3.05) is 0 Å². The summed E-state index contributed by atoms with van der Waals surface area (Å²) in [4.78, 5) is 40.0. The Bertz CT molecular complexity index is 562. The zero-order valence-electron chi connectivity index (χ0n) is 16.2. The van der Waals surface area contributed by atoms with Gasteiger partial charge in [-0.15, -0.1) is 0 Å². The minimum absolute atomic E-state index is 0.189. The number of hydrogen-bond donors (Lipinski definition) is 0. The molecular weight excluding hydrogens is 370 g/mol. The van der Waals surface area contributed by atoms with Crippen LogP contribution >= 0.6 is 0 Å². The third-order valence-electron chi connectivity index (χ3n) is 4.43. The number of hydrogen-bond acceptors (Lipinski definition) is 7. The molecule has 158 valence electrons. The van der Waals surface area contributed by atoms with Gasteiger partial charge in [0.1, 0.15) is 9.85 Å². The largest absolute Gasteiger partial charge is 0.577 e. The quantitative estimate of drug-likeness (QED) is 0.0892. The zero-order chi connectivity index (χ0) is 21.4. The maximum absolute atomic E-state index is 11.1. The molecule has 10 nitrogen and oxygen atoms in total. The molecule has 0 N–H and O–H groups in total. The van der Waals surface area contributed by atoms with Crippen molar-refractivity contribution in [3.63, 3.8) is 0 Å². The predicted octanol–water partition coefficient (Wildman–Crippen LogP) is 4.11. The van der Waals surface area contributed by atoms with Crippen molar-refractivity contribution in [1.29, 1.82) is 0 Å². The summed E-state index contributed by atoms with van der Waals surface area (Å²) in [6.07, 6.45) is 15.0. The molecule has 28 heavy (non-hydrogen) atoms. The molecule has 0 aromatic carbocycles. The van der Waals surface area contributed by atoms with E-state index in [1.807, 2.05) is 12.2 Å². The Labute approximate surface area is 164 Å². The Morgan fingerprint density at radius 3 is 1.79 bits per heavy atom. The van der Waals surface area contributed by atoms with Crippen LogP contribution in [0.3, 0.4) is 0 Å². The Morgan fingerprint density at radius 2 is 1.36 bits per heavy atom. The molecular formula is C18H29N3O7. The van der Waals surface area contributed by atoms with Crippen LogP contribution < -0.4 is 0 Å². The summed E-state index contributed by atoms with van der Waals surface area (Å²) in [5.41, 5.74) is -3.44. The van der Waals surface area contributed by atoms with Gasteiger partial charge in [0.15, 0.2) is 0 Å². The number of nitrogens with zero attached hydrogens (tertiary/aromatic N) is 3. The summed E-state index contributed by atoms with van der Waals surface area (Å²) in [7, 11) is 0. The summed E-state index contributed by atoms with van der Waals surface area (Å²) < 4.78 is 0. The minimum atomic E-state index is -3.44. The van der Waals surface area contributed by atoms with Crippen LogP contribution in [0.2, 0.25) is 0 Å². The first-order valence-corrected chi connectivity index (χ1v) is 9.53. The maximum Gasteiger partial charge on any atom is 0.577 e. The van der Waals surface area contributed by atoms with E-state index >= 15 is 0 Å². The highest BCUT2D eigenvalue weighted by atomic mass is 16.7. The third-order valence-corrected chi connectivity index (χ3v) is 4.43. The molecule has 0 spiro atoms. The molecule has 0 aliphatic rings. The third kappa shape index (κ3) is 8.36. The molecule has 0 radical (unpaired) electrons. The van der Waals surface area contributed by atoms with E-state index in [0.29, 0.717) is 12.8 Å². The fraction of sp³-hybridized carbons (Fsp3) is 0.722. The number of aldehydes is 1. The van der Waals surface area contributed by atoms with Crippen LogP contribution in [0.5, 0.6) is 0 Å². The Kier molecular flexibility index (Phi) is 13.0. The highest BCUT2D eigenvalue weighted by Gasteiger charge is 2.70. The summed E-state index contributed by atoms with van der Waals surface area (Å²) in [5.74, 6) is 0. The molecule has 1 unspecified atom stereocenters. The molecule has 0 aromatic heterocycles. The molecule has 0 bridgehead atoms. The normalized spacial score (nSPS) is 13.0. The van der Waals surface area contributed by atoms with Gasteiger partial charge in [-0.1, -0.05) is 50.5 Å². The fourth-order valence-electron chi connectivity index (χ4n) is 2.74. The summed E-state index contributed by atoms with van der Waals surface area (Å²) >= 11 is 0. The van der Waals surface area contributed by atoms with Crippen LogP contribution in [0, 0.1) is 30.3 Å². The van der Waals surface area contributed by atoms with Gasteiger partial charge in [-0.3, -0.25) is 35.1 Å². The molecule has 0 saturated carbocycles. The molecule has 0 aliphatic carbocycles. The van der Waals surface area contributed by atoms with Crippen molar-refractivity contribution in [2.45, 2.75) is 82.8 Å². The highest BCUT2D eigenvalue weighted by Crippen LogP contribution is 2.22.